The second-order valence-electron chi connectivity index (χ2n) is 3.35. The maximum absolute atomic E-state index is 10.7. The Morgan fingerprint density at radius 3 is 3.14 bits per heavy atom. The van der Waals surface area contributed by atoms with E-state index in [4.69, 9.17) is 5.11 Å². The van der Waals surface area contributed by atoms with Gasteiger partial charge in [0.2, 0.25) is 0 Å². The van der Waals surface area contributed by atoms with Crippen LogP contribution in [-0.4, -0.2) is 23.3 Å². The van der Waals surface area contributed by atoms with Gasteiger partial charge in [-0.2, -0.15) is 0 Å². The van der Waals surface area contributed by atoms with Crippen molar-refractivity contribution in [1.82, 2.24) is 0 Å². The Labute approximate surface area is 82.2 Å². The van der Waals surface area contributed by atoms with Crippen LogP contribution in [-0.2, 0) is 4.79 Å². The minimum absolute atomic E-state index is 0.258. The number of nitrogens with zero attached hydrogens (tertiary/aromatic N) is 1. The number of allylic oxidation sites excluding steroid dienone is 4. The number of carbonyl (C=O) groups is 1. The van der Waals surface area contributed by atoms with Crippen molar-refractivity contribution in [3.05, 3.63) is 36.0 Å². The molecule has 3 heteroatoms. The second kappa shape index (κ2) is 3.62. The van der Waals surface area contributed by atoms with Crippen LogP contribution in [0, 0.1) is 5.92 Å². The van der Waals surface area contributed by atoms with Crippen molar-refractivity contribution in [3.63, 3.8) is 0 Å². The van der Waals surface area contributed by atoms with Crippen molar-refractivity contribution in [1.29, 1.82) is 0 Å². The zero-order valence-electron chi connectivity index (χ0n) is 7.68. The zero-order valence-corrected chi connectivity index (χ0v) is 7.68. The predicted molar refractivity (Wildman–Crippen MR) is 54.4 cm³/mol. The molecule has 0 aromatic heterocycles. The average molecular weight is 189 g/mol. The van der Waals surface area contributed by atoms with E-state index in [0.29, 0.717) is 13.0 Å². The van der Waals surface area contributed by atoms with Gasteiger partial charge in [0.05, 0.1) is 0 Å². The molecule has 72 valence electrons. The molecule has 1 atom stereocenters. The summed E-state index contributed by atoms with van der Waals surface area (Å²) in [7, 11) is 0. The summed E-state index contributed by atoms with van der Waals surface area (Å²) in [6, 6.07) is 0. The van der Waals surface area contributed by atoms with E-state index in [9.17, 15) is 4.79 Å². The van der Waals surface area contributed by atoms with Crippen LogP contribution < -0.4 is 0 Å². The summed E-state index contributed by atoms with van der Waals surface area (Å²) in [5.74, 6) is -0.648. The molecule has 0 spiro atoms. The van der Waals surface area contributed by atoms with Crippen LogP contribution in [0.5, 0.6) is 0 Å². The SMILES string of the molecule is O=C(O)C1=NCC2C=CC=CC2=CC1. The van der Waals surface area contributed by atoms with Crippen molar-refractivity contribution in [2.75, 3.05) is 6.54 Å². The number of aliphatic imine (C=N–C) groups is 1. The van der Waals surface area contributed by atoms with Crippen LogP contribution >= 0.6 is 0 Å². The molecule has 1 aliphatic heterocycles. The summed E-state index contributed by atoms with van der Waals surface area (Å²) in [6.45, 7) is 0.550. The topological polar surface area (TPSA) is 49.7 Å². The quantitative estimate of drug-likeness (QED) is 0.680. The van der Waals surface area contributed by atoms with Gasteiger partial charge in [-0.25, -0.2) is 4.79 Å². The molecule has 0 bridgehead atoms. The lowest BCUT2D eigenvalue weighted by molar-refractivity contribution is -0.129. The Bertz CT molecular complexity index is 375. The number of carboxylic acids is 1. The monoisotopic (exact) mass is 189 g/mol. The number of hydrogen-bond donors (Lipinski definition) is 1. The third-order valence-electron chi connectivity index (χ3n) is 2.43. The first-order valence-corrected chi connectivity index (χ1v) is 4.59. The molecule has 1 heterocycles. The first-order valence-electron chi connectivity index (χ1n) is 4.59. The van der Waals surface area contributed by atoms with E-state index in [-0.39, 0.29) is 11.6 Å². The first-order chi connectivity index (χ1) is 6.77. The lowest BCUT2D eigenvalue weighted by Crippen LogP contribution is -2.12. The Morgan fingerprint density at radius 1 is 1.50 bits per heavy atom. The van der Waals surface area contributed by atoms with E-state index in [0.717, 1.165) is 0 Å². The van der Waals surface area contributed by atoms with Gasteiger partial charge in [0.25, 0.3) is 0 Å². The molecule has 2 rings (SSSR count). The summed E-state index contributed by atoms with van der Waals surface area (Å²) in [6.07, 6.45) is 10.4. The number of carboxylic acid groups (broad SMARTS) is 1. The fourth-order valence-electron chi connectivity index (χ4n) is 1.63. The summed E-state index contributed by atoms with van der Waals surface area (Å²) >= 11 is 0. The van der Waals surface area contributed by atoms with E-state index in [1.54, 1.807) is 0 Å². The highest BCUT2D eigenvalue weighted by Crippen LogP contribution is 2.22. The fourth-order valence-corrected chi connectivity index (χ4v) is 1.63. The molecule has 1 N–H and O–H groups in total. The molecule has 0 saturated heterocycles. The van der Waals surface area contributed by atoms with Crippen molar-refractivity contribution in [3.8, 4) is 0 Å². The van der Waals surface area contributed by atoms with Gasteiger partial charge in [0, 0.05) is 18.9 Å². The highest BCUT2D eigenvalue weighted by Gasteiger charge is 2.17. The van der Waals surface area contributed by atoms with Crippen molar-refractivity contribution < 1.29 is 9.90 Å². The second-order valence-corrected chi connectivity index (χ2v) is 3.35. The molecule has 0 aromatic carbocycles. The van der Waals surface area contributed by atoms with Gasteiger partial charge in [-0.1, -0.05) is 30.4 Å². The van der Waals surface area contributed by atoms with Crippen molar-refractivity contribution >= 4 is 11.7 Å². The molecule has 0 saturated carbocycles. The van der Waals surface area contributed by atoms with Gasteiger partial charge in [-0.15, -0.1) is 0 Å². The summed E-state index contributed by atoms with van der Waals surface area (Å²) in [5.41, 5.74) is 1.43. The predicted octanol–water partition coefficient (Wildman–Crippen LogP) is 1.58. The Hall–Kier alpha value is -1.64. The van der Waals surface area contributed by atoms with Gasteiger partial charge in [-0.3, -0.25) is 4.99 Å². The van der Waals surface area contributed by atoms with Crippen LogP contribution in [0.25, 0.3) is 0 Å². The minimum atomic E-state index is -0.909. The number of hydrogen-bond acceptors (Lipinski definition) is 2. The molecule has 14 heavy (non-hydrogen) atoms. The molecule has 1 unspecified atom stereocenters. The lowest BCUT2D eigenvalue weighted by atomic mass is 9.94. The van der Waals surface area contributed by atoms with Gasteiger partial charge < -0.3 is 5.11 Å². The summed E-state index contributed by atoms with van der Waals surface area (Å²) < 4.78 is 0. The van der Waals surface area contributed by atoms with Crippen molar-refractivity contribution in [2.24, 2.45) is 10.9 Å². The van der Waals surface area contributed by atoms with Gasteiger partial charge in [0.1, 0.15) is 5.71 Å². The molecule has 2 aliphatic rings. The highest BCUT2D eigenvalue weighted by atomic mass is 16.4. The zero-order chi connectivity index (χ0) is 9.97. The van der Waals surface area contributed by atoms with Crippen LogP contribution in [0.3, 0.4) is 0 Å². The molecule has 0 fully saturated rings. The van der Waals surface area contributed by atoms with Crippen LogP contribution in [0.15, 0.2) is 40.9 Å². The molecule has 0 amide bonds. The van der Waals surface area contributed by atoms with E-state index >= 15 is 0 Å². The number of rotatable bonds is 1. The number of aliphatic carboxylic acids is 1. The molecule has 0 radical (unpaired) electrons. The Balaban J connectivity index is 2.24. The smallest absolute Gasteiger partial charge is 0.350 e. The largest absolute Gasteiger partial charge is 0.477 e. The van der Waals surface area contributed by atoms with Gasteiger partial charge >= 0.3 is 5.97 Å². The standard InChI is InChI=1S/C11H11NO2/c13-11(14)10-6-5-8-3-1-2-4-9(8)7-12-10/h1-5,9H,6-7H2,(H,13,14). The minimum Gasteiger partial charge on any atom is -0.477 e. The van der Waals surface area contributed by atoms with E-state index in [2.05, 4.69) is 11.1 Å². The van der Waals surface area contributed by atoms with E-state index < -0.39 is 5.97 Å². The molecule has 0 aromatic rings. The van der Waals surface area contributed by atoms with Gasteiger partial charge in [0.15, 0.2) is 0 Å². The number of fused-ring (bicyclic) bond motifs is 1. The maximum atomic E-state index is 10.7. The maximum Gasteiger partial charge on any atom is 0.350 e. The lowest BCUT2D eigenvalue weighted by Gasteiger charge is -2.12. The fraction of sp³-hybridized carbons (Fsp3) is 0.273. The normalized spacial score (nSPS) is 24.7. The summed E-state index contributed by atoms with van der Waals surface area (Å²) in [4.78, 5) is 14.8. The van der Waals surface area contributed by atoms with Gasteiger partial charge in [-0.05, 0) is 5.57 Å². The highest BCUT2D eigenvalue weighted by molar-refractivity contribution is 6.36. The Kier molecular flexibility index (Phi) is 2.31. The van der Waals surface area contributed by atoms with Crippen molar-refractivity contribution in [2.45, 2.75) is 6.42 Å². The third-order valence-corrected chi connectivity index (χ3v) is 2.43. The average Bonchev–Trinajstić information content (AvgIpc) is 2.39. The van der Waals surface area contributed by atoms with Crippen LogP contribution in [0.1, 0.15) is 6.42 Å². The first kappa shape index (κ1) is 8.94. The summed E-state index contributed by atoms with van der Waals surface area (Å²) in [5, 5.41) is 8.80. The molecular weight excluding hydrogens is 178 g/mol. The molecule has 3 nitrogen and oxygen atoms in total. The third kappa shape index (κ3) is 1.66. The Morgan fingerprint density at radius 2 is 2.36 bits per heavy atom. The molecule has 1 aliphatic carbocycles. The molecular formula is C11H11NO2. The van der Waals surface area contributed by atoms with Crippen LogP contribution in [0.4, 0.5) is 0 Å². The van der Waals surface area contributed by atoms with E-state index in [1.807, 2.05) is 24.3 Å². The van der Waals surface area contributed by atoms with Crippen LogP contribution in [0.2, 0.25) is 0 Å². The van der Waals surface area contributed by atoms with E-state index in [1.165, 1.54) is 5.57 Å².